The summed E-state index contributed by atoms with van der Waals surface area (Å²) in [6, 6.07) is 13.2. The second-order valence-electron chi connectivity index (χ2n) is 7.72. The Kier molecular flexibility index (Phi) is 6.53. The highest BCUT2D eigenvalue weighted by Crippen LogP contribution is 2.28. The summed E-state index contributed by atoms with van der Waals surface area (Å²) in [7, 11) is 1.56. The molecule has 0 atom stereocenters. The zero-order valence-corrected chi connectivity index (χ0v) is 18.4. The van der Waals surface area contributed by atoms with Gasteiger partial charge in [-0.1, -0.05) is 41.0 Å². The summed E-state index contributed by atoms with van der Waals surface area (Å²) in [5.41, 5.74) is 2.76. The molecule has 0 radical (unpaired) electrons. The number of aryl methyl sites for hydroxylation is 1. The van der Waals surface area contributed by atoms with E-state index in [0.29, 0.717) is 34.7 Å². The number of likely N-dealkylation sites (tertiary alicyclic amines) is 1. The van der Waals surface area contributed by atoms with Crippen LogP contribution in [-0.4, -0.2) is 41.1 Å². The molecule has 0 unspecified atom stereocenters. The topological polar surface area (TPSA) is 80.5 Å². The van der Waals surface area contributed by atoms with Crippen molar-refractivity contribution in [3.05, 3.63) is 58.9 Å². The molecule has 162 valence electrons. The van der Waals surface area contributed by atoms with E-state index in [9.17, 15) is 4.79 Å². The van der Waals surface area contributed by atoms with Crippen LogP contribution in [0, 0.1) is 12.8 Å². The summed E-state index contributed by atoms with van der Waals surface area (Å²) in [5.74, 6) is 1.76. The van der Waals surface area contributed by atoms with E-state index >= 15 is 0 Å². The average Bonchev–Trinajstić information content (AvgIpc) is 3.23. The lowest BCUT2D eigenvalue weighted by Gasteiger charge is -2.30. The summed E-state index contributed by atoms with van der Waals surface area (Å²) >= 11 is 6.14. The van der Waals surface area contributed by atoms with E-state index in [0.717, 1.165) is 37.1 Å². The van der Waals surface area contributed by atoms with E-state index in [2.05, 4.69) is 20.4 Å². The largest absolute Gasteiger partial charge is 0.495 e. The van der Waals surface area contributed by atoms with Gasteiger partial charge in [0.25, 0.3) is 0 Å². The molecule has 0 bridgehead atoms. The van der Waals surface area contributed by atoms with Crippen molar-refractivity contribution >= 4 is 23.2 Å². The first-order chi connectivity index (χ1) is 15.0. The van der Waals surface area contributed by atoms with Crippen molar-refractivity contribution in [2.45, 2.75) is 26.3 Å². The SMILES string of the molecule is COc1ccc(NC(=O)C2CCN(Cc3nc(-c4ccccc4C)no3)CC2)cc1Cl. The van der Waals surface area contributed by atoms with Crippen LogP contribution in [0.25, 0.3) is 11.4 Å². The number of aromatic nitrogens is 2. The van der Waals surface area contributed by atoms with Crippen LogP contribution in [0.5, 0.6) is 5.75 Å². The molecule has 4 rings (SSSR count). The molecule has 7 nitrogen and oxygen atoms in total. The van der Waals surface area contributed by atoms with Crippen molar-refractivity contribution in [2.24, 2.45) is 5.92 Å². The number of hydrogen-bond acceptors (Lipinski definition) is 6. The lowest BCUT2D eigenvalue weighted by atomic mass is 9.96. The van der Waals surface area contributed by atoms with E-state index < -0.39 is 0 Å². The number of halogens is 1. The van der Waals surface area contributed by atoms with Gasteiger partial charge in [-0.3, -0.25) is 9.69 Å². The van der Waals surface area contributed by atoms with Crippen molar-refractivity contribution in [3.63, 3.8) is 0 Å². The third kappa shape index (κ3) is 5.06. The standard InChI is InChI=1S/C23H25ClN4O3/c1-15-5-3-4-6-18(15)22-26-21(31-27-22)14-28-11-9-16(10-12-28)23(29)25-17-7-8-20(30-2)19(24)13-17/h3-8,13,16H,9-12,14H2,1-2H3,(H,25,29). The molecule has 2 heterocycles. The number of ether oxygens (including phenoxy) is 1. The number of nitrogens with zero attached hydrogens (tertiary/aromatic N) is 3. The number of piperidine rings is 1. The molecule has 1 aromatic heterocycles. The fraction of sp³-hybridized carbons (Fsp3) is 0.348. The van der Waals surface area contributed by atoms with Crippen LogP contribution < -0.4 is 10.1 Å². The Labute approximate surface area is 186 Å². The van der Waals surface area contributed by atoms with Crippen LogP contribution in [-0.2, 0) is 11.3 Å². The van der Waals surface area contributed by atoms with Gasteiger partial charge in [-0.15, -0.1) is 0 Å². The fourth-order valence-electron chi connectivity index (χ4n) is 3.79. The number of amides is 1. The molecule has 2 aromatic carbocycles. The zero-order chi connectivity index (χ0) is 21.8. The number of anilines is 1. The van der Waals surface area contributed by atoms with Gasteiger partial charge in [-0.05, 0) is 56.6 Å². The summed E-state index contributed by atoms with van der Waals surface area (Å²) < 4.78 is 10.6. The number of nitrogens with one attached hydrogen (secondary N) is 1. The lowest BCUT2D eigenvalue weighted by Crippen LogP contribution is -2.37. The minimum absolute atomic E-state index is 0.0144. The van der Waals surface area contributed by atoms with Gasteiger partial charge in [0.05, 0.1) is 18.7 Å². The Morgan fingerprint density at radius 3 is 2.74 bits per heavy atom. The van der Waals surface area contributed by atoms with Gasteiger partial charge in [0.1, 0.15) is 5.75 Å². The van der Waals surface area contributed by atoms with Gasteiger partial charge < -0.3 is 14.6 Å². The van der Waals surface area contributed by atoms with Crippen molar-refractivity contribution in [3.8, 4) is 17.1 Å². The Hall–Kier alpha value is -2.90. The van der Waals surface area contributed by atoms with Gasteiger partial charge in [0.2, 0.25) is 17.6 Å². The van der Waals surface area contributed by atoms with Crippen LogP contribution in [0.4, 0.5) is 5.69 Å². The average molecular weight is 441 g/mol. The molecule has 1 fully saturated rings. The second kappa shape index (κ2) is 9.49. The maximum Gasteiger partial charge on any atom is 0.241 e. The van der Waals surface area contributed by atoms with Crippen LogP contribution in [0.1, 0.15) is 24.3 Å². The third-order valence-electron chi connectivity index (χ3n) is 5.59. The van der Waals surface area contributed by atoms with Crippen molar-refractivity contribution in [2.75, 3.05) is 25.5 Å². The molecule has 31 heavy (non-hydrogen) atoms. The zero-order valence-electron chi connectivity index (χ0n) is 17.6. The van der Waals surface area contributed by atoms with E-state index in [4.69, 9.17) is 20.9 Å². The number of benzene rings is 2. The predicted molar refractivity (Wildman–Crippen MR) is 119 cm³/mol. The molecule has 1 amide bonds. The Morgan fingerprint density at radius 2 is 2.03 bits per heavy atom. The maximum atomic E-state index is 12.6. The Balaban J connectivity index is 1.29. The quantitative estimate of drug-likeness (QED) is 0.605. The summed E-state index contributed by atoms with van der Waals surface area (Å²) in [6.07, 6.45) is 1.54. The van der Waals surface area contributed by atoms with E-state index in [-0.39, 0.29) is 11.8 Å². The van der Waals surface area contributed by atoms with Gasteiger partial charge in [0, 0.05) is 17.2 Å². The van der Waals surface area contributed by atoms with E-state index in [1.54, 1.807) is 25.3 Å². The molecule has 1 saturated heterocycles. The number of methoxy groups -OCH3 is 1. The molecule has 1 N–H and O–H groups in total. The molecular weight excluding hydrogens is 416 g/mol. The van der Waals surface area contributed by atoms with Gasteiger partial charge >= 0.3 is 0 Å². The second-order valence-corrected chi connectivity index (χ2v) is 8.12. The predicted octanol–water partition coefficient (Wildman–Crippen LogP) is 4.56. The third-order valence-corrected chi connectivity index (χ3v) is 5.89. The highest BCUT2D eigenvalue weighted by atomic mass is 35.5. The molecule has 1 aliphatic heterocycles. The molecular formula is C23H25ClN4O3. The lowest BCUT2D eigenvalue weighted by molar-refractivity contribution is -0.121. The normalized spacial score (nSPS) is 15.1. The first kappa shape index (κ1) is 21.3. The monoisotopic (exact) mass is 440 g/mol. The van der Waals surface area contributed by atoms with Crippen LogP contribution in [0.15, 0.2) is 47.0 Å². The molecule has 3 aromatic rings. The molecule has 0 aliphatic carbocycles. The van der Waals surface area contributed by atoms with Gasteiger partial charge in [-0.2, -0.15) is 4.98 Å². The van der Waals surface area contributed by atoms with Gasteiger partial charge in [-0.25, -0.2) is 0 Å². The Morgan fingerprint density at radius 1 is 1.26 bits per heavy atom. The molecule has 8 heteroatoms. The molecule has 0 spiro atoms. The van der Waals surface area contributed by atoms with Crippen LogP contribution >= 0.6 is 11.6 Å². The molecule has 0 saturated carbocycles. The number of carbonyl (C=O) groups is 1. The van der Waals surface area contributed by atoms with E-state index in [1.165, 1.54) is 0 Å². The van der Waals surface area contributed by atoms with Crippen molar-refractivity contribution < 1.29 is 14.1 Å². The molecule has 1 aliphatic rings. The summed E-state index contributed by atoms with van der Waals surface area (Å²) in [5, 5.41) is 7.55. The smallest absolute Gasteiger partial charge is 0.241 e. The van der Waals surface area contributed by atoms with E-state index in [1.807, 2.05) is 31.2 Å². The minimum Gasteiger partial charge on any atom is -0.495 e. The first-order valence-electron chi connectivity index (χ1n) is 10.3. The summed E-state index contributed by atoms with van der Waals surface area (Å²) in [6.45, 7) is 4.20. The number of carbonyl (C=O) groups excluding carboxylic acids is 1. The Bertz CT molecular complexity index is 1060. The van der Waals surface area contributed by atoms with Gasteiger partial charge in [0.15, 0.2) is 0 Å². The van der Waals surface area contributed by atoms with Crippen LogP contribution in [0.2, 0.25) is 5.02 Å². The first-order valence-corrected chi connectivity index (χ1v) is 10.7. The summed E-state index contributed by atoms with van der Waals surface area (Å²) in [4.78, 5) is 19.4. The number of hydrogen-bond donors (Lipinski definition) is 1. The fourth-order valence-corrected chi connectivity index (χ4v) is 4.04. The van der Waals surface area contributed by atoms with Crippen molar-refractivity contribution in [1.29, 1.82) is 0 Å². The highest BCUT2D eigenvalue weighted by Gasteiger charge is 2.26. The minimum atomic E-state index is -0.0395. The maximum absolute atomic E-state index is 12.6. The number of rotatable bonds is 6. The van der Waals surface area contributed by atoms with Crippen molar-refractivity contribution in [1.82, 2.24) is 15.0 Å². The van der Waals surface area contributed by atoms with Crippen LogP contribution in [0.3, 0.4) is 0 Å². The highest BCUT2D eigenvalue weighted by molar-refractivity contribution is 6.32.